The largest absolute Gasteiger partial charge is 0.0847 e. The highest BCUT2D eigenvalue weighted by atomic mass is 14.6. The molecule has 34 heavy (non-hydrogen) atoms. The van der Waals surface area contributed by atoms with E-state index in [2.05, 4.69) is 71.0 Å². The topological polar surface area (TPSA) is 0 Å². The summed E-state index contributed by atoms with van der Waals surface area (Å²) in [6, 6.07) is 11.2. The highest BCUT2D eigenvalue weighted by molar-refractivity contribution is 5.25. The smallest absolute Gasteiger partial charge is 0.00669 e. The summed E-state index contributed by atoms with van der Waals surface area (Å²) < 4.78 is 0. The molecule has 3 fully saturated rings. The van der Waals surface area contributed by atoms with Crippen LogP contribution in [0, 0.1) is 52.3 Å². The van der Waals surface area contributed by atoms with Crippen molar-refractivity contribution in [2.75, 3.05) is 0 Å². The molecule has 0 saturated heterocycles. The number of hydrogen-bond acceptors (Lipinski definition) is 0. The Labute approximate surface area is 211 Å². The van der Waals surface area contributed by atoms with Gasteiger partial charge in [-0.2, -0.15) is 0 Å². The van der Waals surface area contributed by atoms with Gasteiger partial charge in [0.15, 0.2) is 0 Å². The minimum atomic E-state index is 0.546. The normalized spacial score (nSPS) is 40.3. The Morgan fingerprint density at radius 3 is 2.38 bits per heavy atom. The first-order valence-electron chi connectivity index (χ1n) is 15.0. The van der Waals surface area contributed by atoms with Gasteiger partial charge < -0.3 is 0 Å². The van der Waals surface area contributed by atoms with Crippen molar-refractivity contribution in [3.05, 3.63) is 47.5 Å². The van der Waals surface area contributed by atoms with Gasteiger partial charge in [0.1, 0.15) is 0 Å². The van der Waals surface area contributed by atoms with Crippen LogP contribution < -0.4 is 0 Å². The molecule has 0 heterocycles. The Kier molecular flexibility index (Phi) is 7.09. The van der Waals surface area contributed by atoms with Crippen molar-refractivity contribution in [2.24, 2.45) is 52.3 Å². The molecule has 0 amide bonds. The maximum Gasteiger partial charge on any atom is -0.00669 e. The zero-order valence-electron chi connectivity index (χ0n) is 23.0. The van der Waals surface area contributed by atoms with Gasteiger partial charge in [0.2, 0.25) is 0 Å². The number of hydrogen-bond donors (Lipinski definition) is 0. The van der Waals surface area contributed by atoms with Gasteiger partial charge in [-0.15, -0.1) is 0 Å². The van der Waals surface area contributed by atoms with Gasteiger partial charge in [-0.3, -0.25) is 0 Å². The Morgan fingerprint density at radius 2 is 1.62 bits per heavy atom. The van der Waals surface area contributed by atoms with Crippen LogP contribution in [-0.2, 0) is 6.42 Å². The molecule has 0 bridgehead atoms. The minimum Gasteiger partial charge on any atom is -0.0847 e. The third kappa shape index (κ3) is 4.46. The molecule has 5 rings (SSSR count). The van der Waals surface area contributed by atoms with Crippen LogP contribution in [0.4, 0.5) is 0 Å². The highest BCUT2D eigenvalue weighted by Crippen LogP contribution is 2.68. The summed E-state index contributed by atoms with van der Waals surface area (Å²) in [4.78, 5) is 0. The van der Waals surface area contributed by atoms with Crippen LogP contribution in [0.25, 0.3) is 0 Å². The lowest BCUT2D eigenvalue weighted by molar-refractivity contribution is -0.102. The van der Waals surface area contributed by atoms with Crippen LogP contribution in [-0.4, -0.2) is 0 Å². The lowest BCUT2D eigenvalue weighted by Gasteiger charge is -2.60. The Morgan fingerprint density at radius 1 is 0.853 bits per heavy atom. The van der Waals surface area contributed by atoms with Crippen molar-refractivity contribution in [1.29, 1.82) is 0 Å². The van der Waals surface area contributed by atoms with Crippen molar-refractivity contribution in [3.63, 3.8) is 0 Å². The zero-order chi connectivity index (χ0) is 23.9. The first-order chi connectivity index (χ1) is 16.3. The van der Waals surface area contributed by atoms with E-state index in [0.717, 1.165) is 41.4 Å². The van der Waals surface area contributed by atoms with E-state index < -0.39 is 0 Å². The summed E-state index contributed by atoms with van der Waals surface area (Å²) in [5.41, 5.74) is 4.41. The van der Waals surface area contributed by atoms with Crippen LogP contribution >= 0.6 is 0 Å². The minimum absolute atomic E-state index is 0.546. The summed E-state index contributed by atoms with van der Waals surface area (Å²) in [7, 11) is 0. The predicted octanol–water partition coefficient (Wildman–Crippen LogP) is 9.89. The van der Waals surface area contributed by atoms with E-state index in [4.69, 9.17) is 0 Å². The summed E-state index contributed by atoms with van der Waals surface area (Å²) in [5.74, 6) is 6.68. The number of benzene rings is 1. The fourth-order valence-electron chi connectivity index (χ4n) is 10.1. The number of allylic oxidation sites excluding steroid dienone is 2. The van der Waals surface area contributed by atoms with Crippen LogP contribution in [0.15, 0.2) is 42.0 Å². The molecule has 0 aliphatic heterocycles. The molecule has 4 aliphatic rings. The molecule has 3 saturated carbocycles. The number of fused-ring (bicyclic) bond motifs is 5. The van der Waals surface area contributed by atoms with Gasteiger partial charge in [-0.25, -0.2) is 0 Å². The first kappa shape index (κ1) is 24.6. The van der Waals surface area contributed by atoms with E-state index in [1.165, 1.54) is 82.6 Å². The monoisotopic (exact) mass is 460 g/mol. The molecule has 188 valence electrons. The lowest BCUT2D eigenvalue weighted by Crippen LogP contribution is -2.53. The van der Waals surface area contributed by atoms with Crippen LogP contribution in [0.1, 0.15) is 111 Å². The molecule has 8 atom stereocenters. The molecule has 0 spiro atoms. The molecule has 1 aromatic carbocycles. The molecule has 0 unspecified atom stereocenters. The standard InChI is InChI=1S/C34H52/c1-24(2)10-9-11-25(3)30-18-19-31-29-17-16-28-15-14-27(22-26-12-7-6-8-13-26)23-34(28,5)32(29)20-21-33(30,31)4/h6-8,12-14,24-25,28-32H,9-11,15-23H2,1-5H3/t25-,28-,29+,30+,31-,32-,33-,34+/m1/s1. The molecule has 0 heteroatoms. The maximum absolute atomic E-state index is 2.75. The molecule has 1 aromatic rings. The summed E-state index contributed by atoms with van der Waals surface area (Å²) >= 11 is 0. The SMILES string of the molecule is CC(C)CCC[C@@H](C)[C@@H]1CC[C@@H]2[C@@H]3CC[C@H]4CC=C(Cc5ccccc5)C[C@]4(C)[C@@H]3CC[C@@]21C. The second-order valence-corrected chi connectivity index (χ2v) is 14.1. The lowest BCUT2D eigenvalue weighted by atomic mass is 9.44. The van der Waals surface area contributed by atoms with E-state index in [9.17, 15) is 0 Å². The van der Waals surface area contributed by atoms with Gasteiger partial charge in [0.25, 0.3) is 0 Å². The molecular weight excluding hydrogens is 408 g/mol. The van der Waals surface area contributed by atoms with E-state index in [0.29, 0.717) is 10.8 Å². The molecule has 0 nitrogen and oxygen atoms in total. The van der Waals surface area contributed by atoms with Crippen LogP contribution in [0.2, 0.25) is 0 Å². The van der Waals surface area contributed by atoms with E-state index >= 15 is 0 Å². The maximum atomic E-state index is 2.75. The Hall–Kier alpha value is -1.04. The predicted molar refractivity (Wildman–Crippen MR) is 147 cm³/mol. The van der Waals surface area contributed by atoms with E-state index in [1.807, 2.05) is 0 Å². The molecule has 0 N–H and O–H groups in total. The Bertz CT molecular complexity index is 848. The average molecular weight is 461 g/mol. The van der Waals surface area contributed by atoms with Crippen molar-refractivity contribution in [2.45, 2.75) is 112 Å². The first-order valence-corrected chi connectivity index (χ1v) is 15.0. The summed E-state index contributed by atoms with van der Waals surface area (Å²) in [6.45, 7) is 12.9. The quantitative estimate of drug-likeness (QED) is 0.355. The fraction of sp³-hybridized carbons (Fsp3) is 0.765. The van der Waals surface area contributed by atoms with Gasteiger partial charge >= 0.3 is 0 Å². The van der Waals surface area contributed by atoms with Crippen LogP contribution in [0.3, 0.4) is 0 Å². The van der Waals surface area contributed by atoms with Crippen molar-refractivity contribution in [3.8, 4) is 0 Å². The van der Waals surface area contributed by atoms with Crippen molar-refractivity contribution >= 4 is 0 Å². The second kappa shape index (κ2) is 9.78. The fourth-order valence-corrected chi connectivity index (χ4v) is 10.1. The summed E-state index contributed by atoms with van der Waals surface area (Å²) in [6.07, 6.45) is 20.0. The van der Waals surface area contributed by atoms with E-state index in [-0.39, 0.29) is 0 Å². The number of rotatable bonds is 7. The molecule has 0 radical (unpaired) electrons. The second-order valence-electron chi connectivity index (χ2n) is 14.1. The van der Waals surface area contributed by atoms with Crippen molar-refractivity contribution < 1.29 is 0 Å². The average Bonchev–Trinajstić information content (AvgIpc) is 3.16. The highest BCUT2D eigenvalue weighted by Gasteiger charge is 2.60. The molecule has 4 aliphatic carbocycles. The van der Waals surface area contributed by atoms with Gasteiger partial charge in [-0.1, -0.05) is 95.9 Å². The summed E-state index contributed by atoms with van der Waals surface area (Å²) in [5, 5.41) is 0. The molecular formula is C34H52. The van der Waals surface area contributed by atoms with E-state index in [1.54, 1.807) is 5.57 Å². The van der Waals surface area contributed by atoms with Gasteiger partial charge in [0, 0.05) is 0 Å². The van der Waals surface area contributed by atoms with Gasteiger partial charge in [0.05, 0.1) is 0 Å². The van der Waals surface area contributed by atoms with Gasteiger partial charge in [-0.05, 0) is 116 Å². The zero-order valence-corrected chi connectivity index (χ0v) is 23.0. The third-order valence-electron chi connectivity index (χ3n) is 11.8. The third-order valence-corrected chi connectivity index (χ3v) is 11.8. The van der Waals surface area contributed by atoms with Crippen LogP contribution in [0.5, 0.6) is 0 Å². The molecule has 0 aromatic heterocycles. The van der Waals surface area contributed by atoms with Crippen molar-refractivity contribution in [1.82, 2.24) is 0 Å². The Balaban J connectivity index is 1.29.